The SMILES string of the molecule is O=C(CC1CCCCCC1)C1=CCCCCC1. The number of hydrogen-bond acceptors (Lipinski definition) is 1. The highest BCUT2D eigenvalue weighted by Crippen LogP contribution is 2.28. The van der Waals surface area contributed by atoms with Crippen molar-refractivity contribution in [2.75, 3.05) is 0 Å². The summed E-state index contributed by atoms with van der Waals surface area (Å²) in [7, 11) is 0. The molecule has 17 heavy (non-hydrogen) atoms. The van der Waals surface area contributed by atoms with Crippen LogP contribution in [0.5, 0.6) is 0 Å². The fraction of sp³-hybridized carbons (Fsp3) is 0.812. The lowest BCUT2D eigenvalue weighted by Gasteiger charge is -2.13. The quantitative estimate of drug-likeness (QED) is 0.641. The van der Waals surface area contributed by atoms with Crippen LogP contribution >= 0.6 is 0 Å². The summed E-state index contributed by atoms with van der Waals surface area (Å²) in [6, 6.07) is 0. The molecule has 0 saturated heterocycles. The van der Waals surface area contributed by atoms with E-state index in [0.29, 0.717) is 11.7 Å². The molecular weight excluding hydrogens is 208 g/mol. The molecule has 2 aliphatic rings. The van der Waals surface area contributed by atoms with Crippen LogP contribution in [-0.2, 0) is 4.79 Å². The fourth-order valence-electron chi connectivity index (χ4n) is 3.23. The van der Waals surface area contributed by atoms with E-state index in [2.05, 4.69) is 6.08 Å². The molecule has 0 bridgehead atoms. The molecule has 96 valence electrons. The van der Waals surface area contributed by atoms with Crippen molar-refractivity contribution in [2.45, 2.75) is 77.0 Å². The third-order valence-electron chi connectivity index (χ3n) is 4.35. The van der Waals surface area contributed by atoms with Crippen LogP contribution in [0.25, 0.3) is 0 Å². The predicted molar refractivity (Wildman–Crippen MR) is 72.0 cm³/mol. The Kier molecular flexibility index (Phi) is 5.28. The van der Waals surface area contributed by atoms with E-state index in [4.69, 9.17) is 0 Å². The lowest BCUT2D eigenvalue weighted by molar-refractivity contribution is -0.116. The van der Waals surface area contributed by atoms with E-state index in [9.17, 15) is 4.79 Å². The summed E-state index contributed by atoms with van der Waals surface area (Å²) >= 11 is 0. The van der Waals surface area contributed by atoms with Crippen molar-refractivity contribution >= 4 is 5.78 Å². The molecule has 1 saturated carbocycles. The maximum Gasteiger partial charge on any atom is 0.158 e. The van der Waals surface area contributed by atoms with Crippen molar-refractivity contribution in [2.24, 2.45) is 5.92 Å². The van der Waals surface area contributed by atoms with Gasteiger partial charge in [0.05, 0.1) is 0 Å². The molecular formula is C16H26O. The summed E-state index contributed by atoms with van der Waals surface area (Å²) in [5.74, 6) is 1.16. The normalized spacial score (nSPS) is 23.6. The van der Waals surface area contributed by atoms with Crippen molar-refractivity contribution in [1.82, 2.24) is 0 Å². The number of carbonyl (C=O) groups excluding carboxylic acids is 1. The van der Waals surface area contributed by atoms with Gasteiger partial charge in [0.15, 0.2) is 5.78 Å². The molecule has 0 amide bonds. The minimum absolute atomic E-state index is 0.471. The first-order chi connectivity index (χ1) is 8.36. The minimum atomic E-state index is 0.471. The van der Waals surface area contributed by atoms with Gasteiger partial charge in [0.1, 0.15) is 0 Å². The topological polar surface area (TPSA) is 17.1 Å². The lowest BCUT2D eigenvalue weighted by Crippen LogP contribution is -2.10. The Hall–Kier alpha value is -0.590. The molecule has 1 fully saturated rings. The van der Waals surface area contributed by atoms with Crippen molar-refractivity contribution < 1.29 is 4.79 Å². The Morgan fingerprint density at radius 2 is 1.71 bits per heavy atom. The molecule has 1 heteroatoms. The Balaban J connectivity index is 1.84. The van der Waals surface area contributed by atoms with Crippen LogP contribution in [0.2, 0.25) is 0 Å². The second-order valence-electron chi connectivity index (χ2n) is 5.81. The molecule has 0 radical (unpaired) electrons. The van der Waals surface area contributed by atoms with E-state index in [1.54, 1.807) is 0 Å². The van der Waals surface area contributed by atoms with Gasteiger partial charge in [-0.3, -0.25) is 4.79 Å². The van der Waals surface area contributed by atoms with Crippen molar-refractivity contribution in [1.29, 1.82) is 0 Å². The fourth-order valence-corrected chi connectivity index (χ4v) is 3.23. The molecule has 0 atom stereocenters. The third-order valence-corrected chi connectivity index (χ3v) is 4.35. The summed E-state index contributed by atoms with van der Waals surface area (Å²) in [4.78, 5) is 12.3. The van der Waals surface area contributed by atoms with Crippen LogP contribution in [0.4, 0.5) is 0 Å². The Bertz CT molecular complexity index is 269. The minimum Gasteiger partial charge on any atom is -0.295 e. The molecule has 1 nitrogen and oxygen atoms in total. The first-order valence-electron chi connectivity index (χ1n) is 7.58. The summed E-state index contributed by atoms with van der Waals surface area (Å²) in [6.45, 7) is 0. The maximum atomic E-state index is 12.3. The lowest BCUT2D eigenvalue weighted by atomic mass is 9.91. The van der Waals surface area contributed by atoms with Crippen LogP contribution in [0.3, 0.4) is 0 Å². The van der Waals surface area contributed by atoms with E-state index in [0.717, 1.165) is 24.8 Å². The van der Waals surface area contributed by atoms with Crippen LogP contribution in [0, 0.1) is 5.92 Å². The Morgan fingerprint density at radius 3 is 2.47 bits per heavy atom. The van der Waals surface area contributed by atoms with E-state index >= 15 is 0 Å². The van der Waals surface area contributed by atoms with Gasteiger partial charge in [-0.2, -0.15) is 0 Å². The van der Waals surface area contributed by atoms with Gasteiger partial charge in [-0.05, 0) is 37.2 Å². The Morgan fingerprint density at radius 1 is 1.00 bits per heavy atom. The highest BCUT2D eigenvalue weighted by Gasteiger charge is 2.18. The van der Waals surface area contributed by atoms with Gasteiger partial charge in [-0.1, -0.05) is 51.0 Å². The largest absolute Gasteiger partial charge is 0.295 e. The zero-order valence-electron chi connectivity index (χ0n) is 11.0. The summed E-state index contributed by atoms with van der Waals surface area (Å²) < 4.78 is 0. The zero-order valence-corrected chi connectivity index (χ0v) is 11.0. The molecule has 0 aromatic carbocycles. The summed E-state index contributed by atoms with van der Waals surface area (Å²) in [5, 5.41) is 0. The van der Waals surface area contributed by atoms with Gasteiger partial charge >= 0.3 is 0 Å². The molecule has 0 spiro atoms. The Labute approximate surface area is 106 Å². The van der Waals surface area contributed by atoms with Gasteiger partial charge < -0.3 is 0 Å². The monoisotopic (exact) mass is 234 g/mol. The summed E-state index contributed by atoms with van der Waals surface area (Å²) in [5.41, 5.74) is 1.16. The first kappa shape index (κ1) is 12.9. The molecule has 0 aromatic heterocycles. The predicted octanol–water partition coefficient (Wildman–Crippen LogP) is 4.81. The number of hydrogen-bond donors (Lipinski definition) is 0. The van der Waals surface area contributed by atoms with Crippen LogP contribution in [0.15, 0.2) is 11.6 Å². The number of Topliss-reactive ketones (excluding diaryl/α,β-unsaturated/α-hetero) is 1. The number of carbonyl (C=O) groups is 1. The third kappa shape index (κ3) is 4.29. The second-order valence-corrected chi connectivity index (χ2v) is 5.81. The van der Waals surface area contributed by atoms with Crippen LogP contribution in [0.1, 0.15) is 77.0 Å². The molecule has 2 aliphatic carbocycles. The standard InChI is InChI=1S/C16H26O/c17-16(15-11-7-3-4-8-12-15)13-14-9-5-1-2-6-10-14/h11,14H,1-10,12-13H2. The van der Waals surface area contributed by atoms with Gasteiger partial charge in [0, 0.05) is 6.42 Å². The van der Waals surface area contributed by atoms with Crippen molar-refractivity contribution in [3.63, 3.8) is 0 Å². The van der Waals surface area contributed by atoms with Crippen LogP contribution < -0.4 is 0 Å². The molecule has 2 rings (SSSR count). The number of allylic oxidation sites excluding steroid dienone is 2. The molecule has 0 unspecified atom stereocenters. The van der Waals surface area contributed by atoms with Gasteiger partial charge in [-0.25, -0.2) is 0 Å². The average Bonchev–Trinajstić information content (AvgIpc) is 2.72. The van der Waals surface area contributed by atoms with Gasteiger partial charge in [0.25, 0.3) is 0 Å². The van der Waals surface area contributed by atoms with Crippen molar-refractivity contribution in [3.8, 4) is 0 Å². The van der Waals surface area contributed by atoms with E-state index in [-0.39, 0.29) is 0 Å². The maximum absolute atomic E-state index is 12.3. The summed E-state index contributed by atoms with van der Waals surface area (Å²) in [6.07, 6.45) is 17.1. The van der Waals surface area contributed by atoms with Gasteiger partial charge in [0.2, 0.25) is 0 Å². The zero-order chi connectivity index (χ0) is 11.9. The highest BCUT2D eigenvalue weighted by molar-refractivity contribution is 5.95. The molecule has 0 N–H and O–H groups in total. The molecule has 0 heterocycles. The molecule has 0 aromatic rings. The number of ketones is 1. The number of rotatable bonds is 3. The highest BCUT2D eigenvalue weighted by atomic mass is 16.1. The molecule has 0 aliphatic heterocycles. The first-order valence-corrected chi connectivity index (χ1v) is 7.58. The van der Waals surface area contributed by atoms with Crippen molar-refractivity contribution in [3.05, 3.63) is 11.6 Å². The van der Waals surface area contributed by atoms with Crippen LogP contribution in [-0.4, -0.2) is 5.78 Å². The van der Waals surface area contributed by atoms with Gasteiger partial charge in [-0.15, -0.1) is 0 Å². The van der Waals surface area contributed by atoms with E-state index < -0.39 is 0 Å². The average molecular weight is 234 g/mol. The van der Waals surface area contributed by atoms with E-state index in [1.165, 1.54) is 57.8 Å². The second kappa shape index (κ2) is 6.98. The smallest absolute Gasteiger partial charge is 0.158 e. The van der Waals surface area contributed by atoms with E-state index in [1.807, 2.05) is 0 Å².